The molecule has 2 aromatic carbocycles. The number of aliphatic imine (C=N–C) groups is 1. The number of hydrogen-bond donors (Lipinski definition) is 2. The van der Waals surface area contributed by atoms with Crippen LogP contribution in [0.25, 0.3) is 11.1 Å². The summed E-state index contributed by atoms with van der Waals surface area (Å²) in [4.78, 5) is 4.12. The van der Waals surface area contributed by atoms with E-state index in [-0.39, 0.29) is 5.75 Å². The third-order valence-electron chi connectivity index (χ3n) is 4.93. The van der Waals surface area contributed by atoms with Gasteiger partial charge in [-0.15, -0.1) is 0 Å². The summed E-state index contributed by atoms with van der Waals surface area (Å²) in [5.74, 6) is 1.32. The number of benzene rings is 2. The SMILES string of the molecule is C=Nc1cc(-c2ccc(O)c(OCC)c2)ccc1OCNC1CCCCC1. The predicted octanol–water partition coefficient (Wildman–Crippen LogP) is 5.05. The zero-order valence-corrected chi connectivity index (χ0v) is 15.9. The fourth-order valence-corrected chi connectivity index (χ4v) is 3.45. The molecule has 1 fully saturated rings. The van der Waals surface area contributed by atoms with Crippen LogP contribution in [0.4, 0.5) is 5.69 Å². The van der Waals surface area contributed by atoms with Gasteiger partial charge >= 0.3 is 0 Å². The molecule has 0 aromatic heterocycles. The van der Waals surface area contributed by atoms with Gasteiger partial charge in [0.1, 0.15) is 18.2 Å². The van der Waals surface area contributed by atoms with Crippen LogP contribution in [0.2, 0.25) is 0 Å². The molecule has 0 spiro atoms. The van der Waals surface area contributed by atoms with Gasteiger partial charge in [-0.2, -0.15) is 0 Å². The van der Waals surface area contributed by atoms with Gasteiger partial charge in [0, 0.05) is 6.04 Å². The first-order valence-corrected chi connectivity index (χ1v) is 9.64. The third kappa shape index (κ3) is 5.01. The van der Waals surface area contributed by atoms with Crippen molar-refractivity contribution in [3.8, 4) is 28.4 Å². The normalized spacial score (nSPS) is 14.7. The van der Waals surface area contributed by atoms with E-state index in [1.54, 1.807) is 6.07 Å². The maximum atomic E-state index is 9.88. The van der Waals surface area contributed by atoms with E-state index in [9.17, 15) is 5.11 Å². The van der Waals surface area contributed by atoms with Crippen molar-refractivity contribution in [3.63, 3.8) is 0 Å². The molecular formula is C22H28N2O3. The molecule has 0 bridgehead atoms. The fourth-order valence-electron chi connectivity index (χ4n) is 3.45. The van der Waals surface area contributed by atoms with Crippen LogP contribution in [-0.2, 0) is 0 Å². The predicted molar refractivity (Wildman–Crippen MR) is 109 cm³/mol. The van der Waals surface area contributed by atoms with Gasteiger partial charge in [-0.25, -0.2) is 0 Å². The number of hydrogen-bond acceptors (Lipinski definition) is 5. The summed E-state index contributed by atoms with van der Waals surface area (Å²) < 4.78 is 11.4. The van der Waals surface area contributed by atoms with Crippen molar-refractivity contribution in [3.05, 3.63) is 36.4 Å². The van der Waals surface area contributed by atoms with Crippen LogP contribution in [-0.4, -0.2) is 31.2 Å². The molecule has 27 heavy (non-hydrogen) atoms. The lowest BCUT2D eigenvalue weighted by Crippen LogP contribution is -2.33. The average molecular weight is 368 g/mol. The van der Waals surface area contributed by atoms with E-state index in [1.165, 1.54) is 32.1 Å². The second kappa shape index (κ2) is 9.42. The highest BCUT2D eigenvalue weighted by Crippen LogP contribution is 2.36. The molecule has 144 valence electrons. The second-order valence-electron chi connectivity index (χ2n) is 6.78. The number of nitrogens with one attached hydrogen (secondary N) is 1. The van der Waals surface area contributed by atoms with E-state index in [0.717, 1.165) is 11.1 Å². The van der Waals surface area contributed by atoms with Gasteiger partial charge in [0.15, 0.2) is 11.5 Å². The molecule has 5 heteroatoms. The molecule has 1 aliphatic rings. The van der Waals surface area contributed by atoms with Crippen molar-refractivity contribution < 1.29 is 14.6 Å². The summed E-state index contributed by atoms with van der Waals surface area (Å²) in [7, 11) is 0. The summed E-state index contributed by atoms with van der Waals surface area (Å²) in [6.07, 6.45) is 6.37. The van der Waals surface area contributed by atoms with Gasteiger partial charge < -0.3 is 14.6 Å². The Labute approximate surface area is 161 Å². The summed E-state index contributed by atoms with van der Waals surface area (Å²) in [6, 6.07) is 11.7. The average Bonchev–Trinajstić information content (AvgIpc) is 2.71. The fraction of sp³-hybridized carbons (Fsp3) is 0.409. The molecule has 2 aromatic rings. The maximum absolute atomic E-state index is 9.88. The Morgan fingerprint density at radius 3 is 2.52 bits per heavy atom. The minimum Gasteiger partial charge on any atom is -0.504 e. The lowest BCUT2D eigenvalue weighted by atomic mass is 9.96. The Hall–Kier alpha value is -2.53. The first-order chi connectivity index (χ1) is 13.2. The van der Waals surface area contributed by atoms with Crippen LogP contribution in [0.5, 0.6) is 17.2 Å². The topological polar surface area (TPSA) is 63.1 Å². The van der Waals surface area contributed by atoms with Crippen molar-refractivity contribution in [1.29, 1.82) is 0 Å². The minimum absolute atomic E-state index is 0.136. The highest BCUT2D eigenvalue weighted by molar-refractivity contribution is 5.73. The van der Waals surface area contributed by atoms with Gasteiger partial charge in [0.05, 0.1) is 6.61 Å². The van der Waals surface area contributed by atoms with E-state index in [1.807, 2.05) is 37.3 Å². The van der Waals surface area contributed by atoms with E-state index in [0.29, 0.717) is 36.6 Å². The monoisotopic (exact) mass is 368 g/mol. The quantitative estimate of drug-likeness (QED) is 0.506. The molecule has 0 radical (unpaired) electrons. The number of ether oxygens (including phenoxy) is 2. The second-order valence-corrected chi connectivity index (χ2v) is 6.78. The van der Waals surface area contributed by atoms with Crippen molar-refractivity contribution in [2.24, 2.45) is 4.99 Å². The molecule has 0 unspecified atom stereocenters. The van der Waals surface area contributed by atoms with Crippen molar-refractivity contribution in [2.45, 2.75) is 45.1 Å². The Bertz CT molecular complexity index is 770. The highest BCUT2D eigenvalue weighted by atomic mass is 16.5. The Balaban J connectivity index is 1.70. The van der Waals surface area contributed by atoms with Crippen molar-refractivity contribution in [2.75, 3.05) is 13.3 Å². The number of phenols is 1. The number of rotatable bonds is 8. The molecule has 1 aliphatic carbocycles. The molecular weight excluding hydrogens is 340 g/mol. The van der Waals surface area contributed by atoms with E-state index in [4.69, 9.17) is 9.47 Å². The van der Waals surface area contributed by atoms with Gasteiger partial charge in [0.25, 0.3) is 0 Å². The summed E-state index contributed by atoms with van der Waals surface area (Å²) in [6.45, 7) is 6.53. The van der Waals surface area contributed by atoms with Crippen LogP contribution in [0.15, 0.2) is 41.4 Å². The van der Waals surface area contributed by atoms with Crippen molar-refractivity contribution >= 4 is 12.4 Å². The number of phenolic OH excluding ortho intramolecular Hbond substituents is 1. The molecule has 0 amide bonds. The summed E-state index contributed by atoms with van der Waals surface area (Å²) >= 11 is 0. The van der Waals surface area contributed by atoms with Crippen LogP contribution in [0.3, 0.4) is 0 Å². The zero-order chi connectivity index (χ0) is 19.1. The lowest BCUT2D eigenvalue weighted by molar-refractivity contribution is 0.241. The van der Waals surface area contributed by atoms with Gasteiger partial charge in [-0.1, -0.05) is 31.4 Å². The van der Waals surface area contributed by atoms with Crippen LogP contribution in [0, 0.1) is 0 Å². The van der Waals surface area contributed by atoms with Crippen LogP contribution >= 0.6 is 0 Å². The van der Waals surface area contributed by atoms with Crippen molar-refractivity contribution in [1.82, 2.24) is 5.32 Å². The first-order valence-electron chi connectivity index (χ1n) is 9.64. The molecule has 0 atom stereocenters. The summed E-state index contributed by atoms with van der Waals surface area (Å²) in [5, 5.41) is 13.3. The smallest absolute Gasteiger partial charge is 0.161 e. The molecule has 3 rings (SSSR count). The lowest BCUT2D eigenvalue weighted by Gasteiger charge is -2.23. The largest absolute Gasteiger partial charge is 0.504 e. The third-order valence-corrected chi connectivity index (χ3v) is 4.93. The molecule has 0 heterocycles. The van der Waals surface area contributed by atoms with Gasteiger partial charge in [-0.3, -0.25) is 10.3 Å². The minimum atomic E-state index is 0.136. The maximum Gasteiger partial charge on any atom is 0.161 e. The van der Waals surface area contributed by atoms with E-state index >= 15 is 0 Å². The zero-order valence-electron chi connectivity index (χ0n) is 15.9. The molecule has 1 saturated carbocycles. The molecule has 0 saturated heterocycles. The highest BCUT2D eigenvalue weighted by Gasteiger charge is 2.13. The summed E-state index contributed by atoms with van der Waals surface area (Å²) in [5.41, 5.74) is 2.60. The number of nitrogens with zero attached hydrogens (tertiary/aromatic N) is 1. The van der Waals surface area contributed by atoms with Gasteiger partial charge in [0.2, 0.25) is 0 Å². The van der Waals surface area contributed by atoms with Crippen LogP contribution in [0.1, 0.15) is 39.0 Å². The standard InChI is InChI=1S/C22H28N2O3/c1-3-26-22-14-17(9-11-20(22)25)16-10-12-21(19(13-16)23-2)27-15-24-18-7-5-4-6-8-18/h9-14,18,24-25H,2-8,15H2,1H3. The van der Waals surface area contributed by atoms with E-state index in [2.05, 4.69) is 17.0 Å². The van der Waals surface area contributed by atoms with E-state index < -0.39 is 0 Å². The molecule has 5 nitrogen and oxygen atoms in total. The Kier molecular flexibility index (Phi) is 6.71. The first kappa shape index (κ1) is 19.2. The molecule has 0 aliphatic heterocycles. The van der Waals surface area contributed by atoms with Crippen LogP contribution < -0.4 is 14.8 Å². The van der Waals surface area contributed by atoms with Gasteiger partial charge in [-0.05, 0) is 61.9 Å². The Morgan fingerprint density at radius 1 is 1.04 bits per heavy atom. The Morgan fingerprint density at radius 2 is 1.78 bits per heavy atom. The molecule has 2 N–H and O–H groups in total. The number of aromatic hydroxyl groups is 1.